The standard InChI is InChI=1S/C49H84O17/c1-24-40(62-39-21-19-32(54-11)30(7)59-39)26(3)47(10,52)65-41(24)35-17-16-33(60-35)34-18-20-37(61-34)46(9)43(57-14)28(5)49(66-46)25(2)36(55-12)22-31(63-49)23-38-45(8,58-15)42(56-13)27(4)48(53,64-38)29(6)44(50)51/h24-43,52-53H,16-23H2,1-15H3,(H,50,51). The molecule has 0 saturated carbocycles. The molecule has 17 heteroatoms. The van der Waals surface area contributed by atoms with Crippen LogP contribution in [0.15, 0.2) is 0 Å². The molecule has 0 aromatic heterocycles. The topological polar surface area (TPSA) is 198 Å². The molecule has 7 rings (SSSR count). The number of carboxylic acids is 1. The summed E-state index contributed by atoms with van der Waals surface area (Å²) in [5, 5.41) is 33.6. The van der Waals surface area contributed by atoms with Crippen LogP contribution >= 0.6 is 0 Å². The SMILES string of the molecule is COC1CCC(OC2C(C)C(C3CCC(C4CCC(C5(C)OC6(OC(CC7OC(O)(C(C)C(=O)O)C(C)C(OC)C7(C)OC)CC(OC)C6C)C(C)C5OC)O4)O3)OC(C)(O)C2C)OC1C. The summed E-state index contributed by atoms with van der Waals surface area (Å²) >= 11 is 0. The third kappa shape index (κ3) is 8.96. The van der Waals surface area contributed by atoms with Gasteiger partial charge in [0.05, 0.1) is 79.4 Å². The van der Waals surface area contributed by atoms with Crippen molar-refractivity contribution >= 4 is 5.97 Å². The summed E-state index contributed by atoms with van der Waals surface area (Å²) < 4.78 is 84.5. The average molecular weight is 945 g/mol. The maximum atomic E-state index is 12.3. The molecule has 382 valence electrons. The van der Waals surface area contributed by atoms with Crippen molar-refractivity contribution < 1.29 is 81.7 Å². The third-order valence-electron chi connectivity index (χ3n) is 17.9. The van der Waals surface area contributed by atoms with Crippen LogP contribution < -0.4 is 0 Å². The summed E-state index contributed by atoms with van der Waals surface area (Å²) in [7, 11) is 8.19. The molecule has 17 nitrogen and oxygen atoms in total. The molecule has 0 aromatic carbocycles. The Balaban J connectivity index is 1.05. The van der Waals surface area contributed by atoms with Gasteiger partial charge in [-0.1, -0.05) is 34.6 Å². The molecule has 7 fully saturated rings. The van der Waals surface area contributed by atoms with Gasteiger partial charge in [-0.25, -0.2) is 0 Å². The molecule has 7 aliphatic rings. The largest absolute Gasteiger partial charge is 0.481 e. The Morgan fingerprint density at radius 2 is 1.33 bits per heavy atom. The first-order valence-electron chi connectivity index (χ1n) is 24.7. The van der Waals surface area contributed by atoms with Crippen molar-refractivity contribution in [2.24, 2.45) is 35.5 Å². The van der Waals surface area contributed by atoms with Gasteiger partial charge in [0.1, 0.15) is 17.1 Å². The quantitative estimate of drug-likeness (QED) is 0.205. The summed E-state index contributed by atoms with van der Waals surface area (Å²) in [5.74, 6) is -8.76. The molecule has 0 aliphatic carbocycles. The number of ether oxygens (including phenoxy) is 13. The summed E-state index contributed by atoms with van der Waals surface area (Å²) in [6.45, 7) is 19.0. The van der Waals surface area contributed by atoms with E-state index in [0.717, 1.165) is 25.7 Å². The van der Waals surface area contributed by atoms with Crippen LogP contribution in [0.4, 0.5) is 0 Å². The molecule has 25 atom stereocenters. The minimum atomic E-state index is -2.06. The summed E-state index contributed by atoms with van der Waals surface area (Å²) in [6, 6.07) is 0. The van der Waals surface area contributed by atoms with Crippen LogP contribution in [0.5, 0.6) is 0 Å². The van der Waals surface area contributed by atoms with Crippen molar-refractivity contribution in [3.8, 4) is 0 Å². The second-order valence-corrected chi connectivity index (χ2v) is 21.5. The van der Waals surface area contributed by atoms with Crippen LogP contribution in [0.3, 0.4) is 0 Å². The van der Waals surface area contributed by atoms with Crippen LogP contribution in [-0.4, -0.2) is 171 Å². The molecule has 7 heterocycles. The van der Waals surface area contributed by atoms with E-state index in [4.69, 9.17) is 61.6 Å². The van der Waals surface area contributed by atoms with Crippen molar-refractivity contribution in [2.45, 2.75) is 235 Å². The summed E-state index contributed by atoms with van der Waals surface area (Å²) in [6.07, 6.45) is 0.210. The molecule has 25 unspecified atom stereocenters. The number of hydrogen-bond acceptors (Lipinski definition) is 16. The van der Waals surface area contributed by atoms with E-state index in [0.29, 0.717) is 19.3 Å². The number of rotatable bonds is 14. The average Bonchev–Trinajstić information content (AvgIpc) is 4.02. The number of aliphatic hydroxyl groups is 2. The number of aliphatic carboxylic acids is 1. The summed E-state index contributed by atoms with van der Waals surface area (Å²) in [5.41, 5.74) is -2.02. The minimum Gasteiger partial charge on any atom is -0.481 e. The molecule has 1 spiro atoms. The van der Waals surface area contributed by atoms with Crippen molar-refractivity contribution in [3.63, 3.8) is 0 Å². The molecule has 7 saturated heterocycles. The molecule has 0 amide bonds. The zero-order valence-corrected chi connectivity index (χ0v) is 42.3. The predicted octanol–water partition coefficient (Wildman–Crippen LogP) is 5.22. The van der Waals surface area contributed by atoms with E-state index in [9.17, 15) is 20.1 Å². The van der Waals surface area contributed by atoms with E-state index < -0.39 is 83.2 Å². The van der Waals surface area contributed by atoms with E-state index in [1.54, 1.807) is 42.3 Å². The maximum absolute atomic E-state index is 12.3. The van der Waals surface area contributed by atoms with Gasteiger partial charge in [0.2, 0.25) is 0 Å². The fourth-order valence-corrected chi connectivity index (χ4v) is 13.5. The third-order valence-corrected chi connectivity index (χ3v) is 17.9. The van der Waals surface area contributed by atoms with E-state index in [2.05, 4.69) is 27.7 Å². The number of methoxy groups -OCH3 is 5. The fraction of sp³-hybridized carbons (Fsp3) is 0.980. The van der Waals surface area contributed by atoms with E-state index >= 15 is 0 Å². The van der Waals surface area contributed by atoms with Gasteiger partial charge >= 0.3 is 5.97 Å². The molecule has 0 aromatic rings. The predicted molar refractivity (Wildman–Crippen MR) is 237 cm³/mol. The molecule has 7 aliphatic heterocycles. The smallest absolute Gasteiger partial charge is 0.311 e. The van der Waals surface area contributed by atoms with Crippen LogP contribution in [-0.2, 0) is 66.4 Å². The highest BCUT2D eigenvalue weighted by atomic mass is 16.7. The van der Waals surface area contributed by atoms with Gasteiger partial charge in [-0.3, -0.25) is 4.79 Å². The van der Waals surface area contributed by atoms with Gasteiger partial charge in [-0.15, -0.1) is 0 Å². The Morgan fingerprint density at radius 1 is 0.697 bits per heavy atom. The van der Waals surface area contributed by atoms with Gasteiger partial charge in [0.15, 0.2) is 23.7 Å². The Labute approximate surface area is 392 Å². The number of carbonyl (C=O) groups is 1. The Morgan fingerprint density at radius 3 is 1.94 bits per heavy atom. The highest BCUT2D eigenvalue weighted by Gasteiger charge is 2.70. The summed E-state index contributed by atoms with van der Waals surface area (Å²) in [4.78, 5) is 12.3. The Hall–Kier alpha value is -1.13. The Kier molecular flexibility index (Phi) is 15.8. The second kappa shape index (κ2) is 19.8. The lowest BCUT2D eigenvalue weighted by atomic mass is 9.71. The van der Waals surface area contributed by atoms with Gasteiger partial charge < -0.3 is 76.9 Å². The first-order chi connectivity index (χ1) is 31.0. The lowest BCUT2D eigenvalue weighted by Gasteiger charge is -2.57. The normalized spacial score (nSPS) is 53.9. The lowest BCUT2D eigenvalue weighted by Crippen LogP contribution is -2.70. The highest BCUT2D eigenvalue weighted by molar-refractivity contribution is 5.70. The van der Waals surface area contributed by atoms with Crippen LogP contribution in [0.25, 0.3) is 0 Å². The zero-order chi connectivity index (χ0) is 48.5. The lowest BCUT2D eigenvalue weighted by molar-refractivity contribution is -0.384. The van der Waals surface area contributed by atoms with Crippen molar-refractivity contribution in [3.05, 3.63) is 0 Å². The first kappa shape index (κ1) is 52.7. The second-order valence-electron chi connectivity index (χ2n) is 21.5. The van der Waals surface area contributed by atoms with Gasteiger partial charge in [0, 0.05) is 84.4 Å². The van der Waals surface area contributed by atoms with Crippen LogP contribution in [0.1, 0.15) is 121 Å². The molecule has 3 N–H and O–H groups in total. The molecular weight excluding hydrogens is 861 g/mol. The first-order valence-corrected chi connectivity index (χ1v) is 24.7. The molecular formula is C49H84O17. The van der Waals surface area contributed by atoms with E-state index in [1.807, 2.05) is 20.8 Å². The van der Waals surface area contributed by atoms with Crippen molar-refractivity contribution in [2.75, 3.05) is 35.5 Å². The number of carboxylic acid groups (broad SMARTS) is 1. The number of hydrogen-bond donors (Lipinski definition) is 3. The monoisotopic (exact) mass is 945 g/mol. The van der Waals surface area contributed by atoms with Crippen molar-refractivity contribution in [1.29, 1.82) is 0 Å². The highest BCUT2D eigenvalue weighted by Crippen LogP contribution is 2.57. The molecule has 0 bridgehead atoms. The van der Waals surface area contributed by atoms with Crippen molar-refractivity contribution in [1.82, 2.24) is 0 Å². The Bertz CT molecular complexity index is 1650. The van der Waals surface area contributed by atoms with Crippen LogP contribution in [0, 0.1) is 35.5 Å². The molecule has 66 heavy (non-hydrogen) atoms. The van der Waals surface area contributed by atoms with Gasteiger partial charge in [0.25, 0.3) is 0 Å². The fourth-order valence-electron chi connectivity index (χ4n) is 13.5. The van der Waals surface area contributed by atoms with Crippen LogP contribution in [0.2, 0.25) is 0 Å². The molecule has 0 radical (unpaired) electrons. The van der Waals surface area contributed by atoms with Gasteiger partial charge in [-0.05, 0) is 66.7 Å². The maximum Gasteiger partial charge on any atom is 0.311 e. The minimum absolute atomic E-state index is 0.0246. The van der Waals surface area contributed by atoms with E-state index in [-0.39, 0.29) is 78.9 Å². The zero-order valence-electron chi connectivity index (χ0n) is 42.3. The van der Waals surface area contributed by atoms with E-state index in [1.165, 1.54) is 14.0 Å². The van der Waals surface area contributed by atoms with Gasteiger partial charge in [-0.2, -0.15) is 0 Å².